The van der Waals surface area contributed by atoms with Gasteiger partial charge in [-0.05, 0) is 45.3 Å². The van der Waals surface area contributed by atoms with Crippen LogP contribution < -0.4 is 0 Å². The van der Waals surface area contributed by atoms with Crippen LogP contribution in [0.4, 0.5) is 13.2 Å². The van der Waals surface area contributed by atoms with Crippen molar-refractivity contribution in [3.8, 4) is 11.1 Å². The first-order valence-electron chi connectivity index (χ1n) is 4.98. The van der Waals surface area contributed by atoms with Gasteiger partial charge in [0.05, 0.1) is 4.47 Å². The van der Waals surface area contributed by atoms with Crippen molar-refractivity contribution in [3.63, 3.8) is 0 Å². The summed E-state index contributed by atoms with van der Waals surface area (Å²) in [5.41, 5.74) is 0.441. The van der Waals surface area contributed by atoms with Gasteiger partial charge in [0.2, 0.25) is 0 Å². The Bertz CT molecular complexity index is 606. The lowest BCUT2D eigenvalue weighted by Crippen LogP contribution is -1.95. The first kappa shape index (κ1) is 12.8. The lowest BCUT2D eigenvalue weighted by atomic mass is 9.99. The Morgan fingerprint density at radius 1 is 1.00 bits per heavy atom. The molecule has 0 fully saturated rings. The van der Waals surface area contributed by atoms with Crippen LogP contribution >= 0.6 is 15.9 Å². The zero-order valence-corrected chi connectivity index (χ0v) is 10.6. The Balaban J connectivity index is 2.71. The van der Waals surface area contributed by atoms with Crippen molar-refractivity contribution in [2.75, 3.05) is 0 Å². The summed E-state index contributed by atoms with van der Waals surface area (Å²) in [6.45, 7) is 0. The van der Waals surface area contributed by atoms with Crippen LogP contribution in [0.3, 0.4) is 0 Å². The quantitative estimate of drug-likeness (QED) is 0.788. The number of hydrogen-bond donors (Lipinski definition) is 1. The Hall–Kier alpha value is -1.62. The Morgan fingerprint density at radius 3 is 2.17 bits per heavy atom. The van der Waals surface area contributed by atoms with E-state index >= 15 is 0 Å². The Morgan fingerprint density at radius 2 is 1.61 bits per heavy atom. The van der Waals surface area contributed by atoms with Crippen LogP contribution in [-0.2, 0) is 0 Å². The van der Waals surface area contributed by atoms with Gasteiger partial charge in [0.15, 0.2) is 0 Å². The van der Waals surface area contributed by atoms with Gasteiger partial charge in [-0.3, -0.25) is 0 Å². The van der Waals surface area contributed by atoms with Crippen molar-refractivity contribution >= 4 is 22.1 Å². The zero-order chi connectivity index (χ0) is 13.3. The molecule has 0 atom stereocenters. The molecule has 0 spiro atoms. The second-order valence-electron chi connectivity index (χ2n) is 3.63. The van der Waals surface area contributed by atoms with E-state index < -0.39 is 17.5 Å². The van der Waals surface area contributed by atoms with Gasteiger partial charge >= 0.3 is 0 Å². The summed E-state index contributed by atoms with van der Waals surface area (Å²) in [5.74, 6) is -2.12. The van der Waals surface area contributed by atoms with Gasteiger partial charge in [-0.25, -0.2) is 13.2 Å². The highest BCUT2D eigenvalue weighted by Crippen LogP contribution is 2.29. The lowest BCUT2D eigenvalue weighted by Gasteiger charge is -2.08. The summed E-state index contributed by atoms with van der Waals surface area (Å²) in [7, 11) is 0. The molecule has 0 radical (unpaired) electrons. The molecule has 0 aliphatic carbocycles. The lowest BCUT2D eigenvalue weighted by molar-refractivity contribution is 0.584. The maximum absolute atomic E-state index is 13.8. The van der Waals surface area contributed by atoms with Gasteiger partial charge in [0, 0.05) is 17.8 Å². The Kier molecular flexibility index (Phi) is 3.52. The van der Waals surface area contributed by atoms with Crippen molar-refractivity contribution in [2.24, 2.45) is 0 Å². The second-order valence-corrected chi connectivity index (χ2v) is 4.48. The molecule has 0 amide bonds. The number of benzene rings is 2. The van der Waals surface area contributed by atoms with Gasteiger partial charge in [0.1, 0.15) is 17.5 Å². The predicted octanol–water partition coefficient (Wildman–Crippen LogP) is 4.53. The molecule has 0 aromatic heterocycles. The van der Waals surface area contributed by atoms with E-state index in [0.717, 1.165) is 24.4 Å². The molecular weight excluding hydrogens is 307 g/mol. The first-order valence-corrected chi connectivity index (χ1v) is 5.77. The molecule has 5 heteroatoms. The molecule has 2 aromatic carbocycles. The molecule has 92 valence electrons. The summed E-state index contributed by atoms with van der Waals surface area (Å²) in [6.07, 6.45) is 0.818. The van der Waals surface area contributed by atoms with E-state index in [2.05, 4.69) is 15.9 Å². The molecule has 2 aromatic rings. The highest BCUT2D eigenvalue weighted by molar-refractivity contribution is 9.10. The van der Waals surface area contributed by atoms with Crippen LogP contribution in [-0.4, -0.2) is 6.21 Å². The summed E-state index contributed by atoms with van der Waals surface area (Å²) >= 11 is 3.00. The van der Waals surface area contributed by atoms with Crippen LogP contribution in [0.1, 0.15) is 5.56 Å². The maximum atomic E-state index is 13.8. The molecule has 1 nitrogen and oxygen atoms in total. The van der Waals surface area contributed by atoms with Crippen LogP contribution in [0.25, 0.3) is 11.1 Å². The molecule has 0 bridgehead atoms. The third-order valence-electron chi connectivity index (χ3n) is 2.45. The van der Waals surface area contributed by atoms with Crippen molar-refractivity contribution in [3.05, 3.63) is 57.8 Å². The van der Waals surface area contributed by atoms with E-state index in [0.29, 0.717) is 0 Å². The number of nitrogens with one attached hydrogen (secondary N) is 1. The van der Waals surface area contributed by atoms with E-state index in [1.807, 2.05) is 0 Å². The van der Waals surface area contributed by atoms with Crippen LogP contribution in [0.5, 0.6) is 0 Å². The molecule has 0 saturated heterocycles. The van der Waals surface area contributed by atoms with Gasteiger partial charge in [-0.1, -0.05) is 6.07 Å². The molecule has 1 N–H and O–H groups in total. The second kappa shape index (κ2) is 4.94. The largest absolute Gasteiger partial charge is 0.308 e. The predicted molar refractivity (Wildman–Crippen MR) is 67.3 cm³/mol. The monoisotopic (exact) mass is 313 g/mol. The van der Waals surface area contributed by atoms with Crippen molar-refractivity contribution in [1.82, 2.24) is 0 Å². The average molecular weight is 314 g/mol. The number of rotatable bonds is 2. The smallest absolute Gasteiger partial charge is 0.146 e. The minimum atomic E-state index is -0.746. The van der Waals surface area contributed by atoms with E-state index in [1.165, 1.54) is 12.1 Å². The van der Waals surface area contributed by atoms with Crippen LogP contribution in [0.2, 0.25) is 0 Å². The highest BCUT2D eigenvalue weighted by atomic mass is 79.9. The zero-order valence-electron chi connectivity index (χ0n) is 8.98. The SMILES string of the molecule is N=Cc1c(-c2cc(F)cc(F)c2)ccc(Br)c1F. The topological polar surface area (TPSA) is 23.9 Å². The van der Waals surface area contributed by atoms with Gasteiger partial charge in [-0.15, -0.1) is 0 Å². The van der Waals surface area contributed by atoms with Gasteiger partial charge in [0.25, 0.3) is 0 Å². The van der Waals surface area contributed by atoms with Crippen molar-refractivity contribution < 1.29 is 13.2 Å². The summed E-state index contributed by atoms with van der Waals surface area (Å²) in [4.78, 5) is 0. The summed E-state index contributed by atoms with van der Waals surface area (Å²) in [6, 6.07) is 5.86. The standard InChI is InChI=1S/C13H7BrF3N/c14-12-2-1-10(11(6-18)13(12)17)7-3-8(15)5-9(16)4-7/h1-6,18H. The fourth-order valence-corrected chi connectivity index (χ4v) is 2.01. The van der Waals surface area contributed by atoms with E-state index in [4.69, 9.17) is 5.41 Å². The molecule has 0 unspecified atom stereocenters. The highest BCUT2D eigenvalue weighted by Gasteiger charge is 2.13. The maximum Gasteiger partial charge on any atom is 0.146 e. The molecule has 0 heterocycles. The molecule has 0 aliphatic rings. The fraction of sp³-hybridized carbons (Fsp3) is 0. The third-order valence-corrected chi connectivity index (χ3v) is 3.06. The van der Waals surface area contributed by atoms with E-state index in [9.17, 15) is 13.2 Å². The first-order chi connectivity index (χ1) is 8.52. The number of hydrogen-bond acceptors (Lipinski definition) is 1. The molecule has 2 rings (SSSR count). The van der Waals surface area contributed by atoms with E-state index in [1.54, 1.807) is 0 Å². The normalized spacial score (nSPS) is 10.4. The average Bonchev–Trinajstić information content (AvgIpc) is 2.31. The molecule has 0 aliphatic heterocycles. The van der Waals surface area contributed by atoms with Crippen LogP contribution in [0, 0.1) is 22.9 Å². The van der Waals surface area contributed by atoms with Gasteiger partial charge in [-0.2, -0.15) is 0 Å². The molecule has 18 heavy (non-hydrogen) atoms. The summed E-state index contributed by atoms with van der Waals surface area (Å²) < 4.78 is 40.2. The Labute approximate surface area is 110 Å². The minimum Gasteiger partial charge on any atom is -0.308 e. The van der Waals surface area contributed by atoms with E-state index in [-0.39, 0.29) is 21.2 Å². The number of halogens is 4. The fourth-order valence-electron chi connectivity index (χ4n) is 1.67. The van der Waals surface area contributed by atoms with Gasteiger partial charge < -0.3 is 5.41 Å². The third kappa shape index (κ3) is 2.31. The molecule has 0 saturated carbocycles. The van der Waals surface area contributed by atoms with Crippen molar-refractivity contribution in [2.45, 2.75) is 0 Å². The van der Waals surface area contributed by atoms with Crippen LogP contribution in [0.15, 0.2) is 34.8 Å². The van der Waals surface area contributed by atoms with Crippen molar-refractivity contribution in [1.29, 1.82) is 5.41 Å². The summed E-state index contributed by atoms with van der Waals surface area (Å²) in [5, 5.41) is 7.21. The molecular formula is C13H7BrF3N. The minimum absolute atomic E-state index is 0.0191.